The van der Waals surface area contributed by atoms with Gasteiger partial charge in [0, 0.05) is 30.3 Å². The summed E-state index contributed by atoms with van der Waals surface area (Å²) in [6.45, 7) is 8.46. The summed E-state index contributed by atoms with van der Waals surface area (Å²) >= 11 is 6.09. The molecule has 0 radical (unpaired) electrons. The molecule has 0 saturated heterocycles. The van der Waals surface area contributed by atoms with Gasteiger partial charge in [0.1, 0.15) is 0 Å². The van der Waals surface area contributed by atoms with Gasteiger partial charge in [0.15, 0.2) is 0 Å². The number of nitrogens with zero attached hydrogens (tertiary/aromatic N) is 1. The average Bonchev–Trinajstić information content (AvgIpc) is 2.36. The Morgan fingerprint density at radius 2 is 2.06 bits per heavy atom. The summed E-state index contributed by atoms with van der Waals surface area (Å²) in [5.74, 6) is 0. The second-order valence-corrected chi connectivity index (χ2v) is 5.24. The van der Waals surface area contributed by atoms with E-state index in [4.69, 9.17) is 11.6 Å². The summed E-state index contributed by atoms with van der Waals surface area (Å²) in [7, 11) is 2.17. The van der Waals surface area contributed by atoms with Gasteiger partial charge in [-0.3, -0.25) is 0 Å². The minimum absolute atomic E-state index is 0.552. The number of hydrogen-bond acceptors (Lipinski definition) is 2. The van der Waals surface area contributed by atoms with Crippen molar-refractivity contribution in [3.05, 3.63) is 28.8 Å². The van der Waals surface area contributed by atoms with Crippen LogP contribution in [0.2, 0.25) is 5.02 Å². The summed E-state index contributed by atoms with van der Waals surface area (Å²) in [6.07, 6.45) is 2.42. The van der Waals surface area contributed by atoms with Gasteiger partial charge >= 0.3 is 0 Å². The normalized spacial score (nSPS) is 12.5. The maximum atomic E-state index is 6.09. The van der Waals surface area contributed by atoms with Crippen molar-refractivity contribution in [1.29, 1.82) is 0 Å². The third-order valence-electron chi connectivity index (χ3n) is 3.35. The maximum Gasteiger partial charge on any atom is 0.0412 e. The number of nitrogens with one attached hydrogen (secondary N) is 1. The molecule has 1 unspecified atom stereocenters. The quantitative estimate of drug-likeness (QED) is 0.802. The lowest BCUT2D eigenvalue weighted by atomic mass is 10.1. The van der Waals surface area contributed by atoms with Gasteiger partial charge in [-0.05, 0) is 43.7 Å². The van der Waals surface area contributed by atoms with Crippen LogP contribution in [0.1, 0.15) is 39.2 Å². The Kier molecular flexibility index (Phi) is 6.51. The number of halogens is 1. The second kappa shape index (κ2) is 7.65. The van der Waals surface area contributed by atoms with Crippen molar-refractivity contribution in [3.63, 3.8) is 0 Å². The Bertz CT molecular complexity index is 366. The van der Waals surface area contributed by atoms with Crippen LogP contribution >= 0.6 is 11.6 Å². The number of rotatable bonds is 7. The molecule has 1 atom stereocenters. The molecule has 0 aliphatic heterocycles. The van der Waals surface area contributed by atoms with Crippen LogP contribution < -0.4 is 10.2 Å². The lowest BCUT2D eigenvalue weighted by Gasteiger charge is -2.29. The summed E-state index contributed by atoms with van der Waals surface area (Å²) in [5.41, 5.74) is 2.55. The standard InChI is InChI=1S/C15H25ClN2/c1-5-7-12(3)18(4)15-9-8-14(16)10-13(15)11-17-6-2/h8-10,12,17H,5-7,11H2,1-4H3. The van der Waals surface area contributed by atoms with Gasteiger partial charge in [-0.15, -0.1) is 0 Å². The molecule has 0 heterocycles. The van der Waals surface area contributed by atoms with Gasteiger partial charge in [-0.2, -0.15) is 0 Å². The zero-order chi connectivity index (χ0) is 13.5. The van der Waals surface area contributed by atoms with Crippen LogP contribution in [0.5, 0.6) is 0 Å². The Labute approximate surface area is 116 Å². The minimum atomic E-state index is 0.552. The predicted molar refractivity (Wildman–Crippen MR) is 81.6 cm³/mol. The van der Waals surface area contributed by atoms with E-state index < -0.39 is 0 Å². The van der Waals surface area contributed by atoms with E-state index in [1.54, 1.807) is 0 Å². The summed E-state index contributed by atoms with van der Waals surface area (Å²) in [5, 5.41) is 4.18. The highest BCUT2D eigenvalue weighted by Gasteiger charge is 2.13. The molecule has 1 rings (SSSR count). The molecule has 2 nitrogen and oxygen atoms in total. The van der Waals surface area contributed by atoms with Crippen LogP contribution in [0.3, 0.4) is 0 Å². The third-order valence-corrected chi connectivity index (χ3v) is 3.59. The first kappa shape index (κ1) is 15.3. The molecule has 0 amide bonds. The van der Waals surface area contributed by atoms with E-state index in [0.29, 0.717) is 6.04 Å². The highest BCUT2D eigenvalue weighted by Crippen LogP contribution is 2.26. The predicted octanol–water partition coefficient (Wildman–Crippen LogP) is 4.07. The van der Waals surface area contributed by atoms with Crippen molar-refractivity contribution in [2.75, 3.05) is 18.5 Å². The first-order chi connectivity index (χ1) is 8.60. The highest BCUT2D eigenvalue weighted by molar-refractivity contribution is 6.30. The highest BCUT2D eigenvalue weighted by atomic mass is 35.5. The van der Waals surface area contributed by atoms with Crippen LogP contribution in [0, 0.1) is 0 Å². The van der Waals surface area contributed by atoms with Crippen LogP contribution in [0.4, 0.5) is 5.69 Å². The van der Waals surface area contributed by atoms with Crippen LogP contribution in [-0.4, -0.2) is 19.6 Å². The largest absolute Gasteiger partial charge is 0.372 e. The third kappa shape index (κ3) is 4.18. The fourth-order valence-corrected chi connectivity index (χ4v) is 2.34. The van der Waals surface area contributed by atoms with Gasteiger partial charge in [0.05, 0.1) is 0 Å². The molecule has 0 spiro atoms. The van der Waals surface area contributed by atoms with Gasteiger partial charge in [0.2, 0.25) is 0 Å². The first-order valence-electron chi connectivity index (χ1n) is 6.82. The van der Waals surface area contributed by atoms with E-state index in [-0.39, 0.29) is 0 Å². The van der Waals surface area contributed by atoms with E-state index in [9.17, 15) is 0 Å². The number of anilines is 1. The molecular formula is C15H25ClN2. The Morgan fingerprint density at radius 1 is 1.33 bits per heavy atom. The molecular weight excluding hydrogens is 244 g/mol. The average molecular weight is 269 g/mol. The van der Waals surface area contributed by atoms with Gasteiger partial charge in [-0.1, -0.05) is 31.9 Å². The fraction of sp³-hybridized carbons (Fsp3) is 0.600. The molecule has 0 aliphatic rings. The zero-order valence-electron chi connectivity index (χ0n) is 12.0. The lowest BCUT2D eigenvalue weighted by Crippen LogP contribution is -2.30. The molecule has 0 aromatic heterocycles. The molecule has 18 heavy (non-hydrogen) atoms. The Hall–Kier alpha value is -0.730. The molecule has 0 bridgehead atoms. The lowest BCUT2D eigenvalue weighted by molar-refractivity contribution is 0.612. The maximum absolute atomic E-state index is 6.09. The molecule has 1 aromatic rings. The Balaban J connectivity index is 2.91. The van der Waals surface area contributed by atoms with Crippen molar-refractivity contribution in [2.24, 2.45) is 0 Å². The molecule has 1 aromatic carbocycles. The van der Waals surface area contributed by atoms with Crippen molar-refractivity contribution < 1.29 is 0 Å². The topological polar surface area (TPSA) is 15.3 Å². The fourth-order valence-electron chi connectivity index (χ4n) is 2.15. The van der Waals surface area contributed by atoms with E-state index in [1.807, 2.05) is 6.07 Å². The molecule has 0 aliphatic carbocycles. The minimum Gasteiger partial charge on any atom is -0.372 e. The number of benzene rings is 1. The van der Waals surface area contributed by atoms with Crippen molar-refractivity contribution >= 4 is 17.3 Å². The van der Waals surface area contributed by atoms with E-state index in [1.165, 1.54) is 24.1 Å². The van der Waals surface area contributed by atoms with Gasteiger partial charge < -0.3 is 10.2 Å². The summed E-state index contributed by atoms with van der Waals surface area (Å²) < 4.78 is 0. The van der Waals surface area contributed by atoms with Gasteiger partial charge in [0.25, 0.3) is 0 Å². The van der Waals surface area contributed by atoms with Crippen LogP contribution in [0.25, 0.3) is 0 Å². The summed E-state index contributed by atoms with van der Waals surface area (Å²) in [4.78, 5) is 2.35. The molecule has 102 valence electrons. The second-order valence-electron chi connectivity index (χ2n) is 4.80. The Morgan fingerprint density at radius 3 is 2.67 bits per heavy atom. The van der Waals surface area contributed by atoms with E-state index in [0.717, 1.165) is 18.1 Å². The smallest absolute Gasteiger partial charge is 0.0412 e. The van der Waals surface area contributed by atoms with Crippen LogP contribution in [0.15, 0.2) is 18.2 Å². The van der Waals surface area contributed by atoms with Crippen molar-refractivity contribution in [3.8, 4) is 0 Å². The van der Waals surface area contributed by atoms with Crippen molar-refractivity contribution in [1.82, 2.24) is 5.32 Å². The monoisotopic (exact) mass is 268 g/mol. The first-order valence-corrected chi connectivity index (χ1v) is 7.19. The molecule has 0 fully saturated rings. The number of hydrogen-bond donors (Lipinski definition) is 1. The molecule has 0 saturated carbocycles. The van der Waals surface area contributed by atoms with Crippen LogP contribution in [-0.2, 0) is 6.54 Å². The van der Waals surface area contributed by atoms with Gasteiger partial charge in [-0.25, -0.2) is 0 Å². The summed E-state index contributed by atoms with van der Waals surface area (Å²) in [6, 6.07) is 6.72. The van der Waals surface area contributed by atoms with E-state index in [2.05, 4.69) is 50.2 Å². The van der Waals surface area contributed by atoms with Crippen molar-refractivity contribution in [2.45, 2.75) is 46.2 Å². The van der Waals surface area contributed by atoms with E-state index >= 15 is 0 Å². The molecule has 3 heteroatoms. The zero-order valence-corrected chi connectivity index (χ0v) is 12.7. The molecule has 1 N–H and O–H groups in total. The SMILES string of the molecule is CCCC(C)N(C)c1ccc(Cl)cc1CNCC.